The summed E-state index contributed by atoms with van der Waals surface area (Å²) in [6, 6.07) is 0. The van der Waals surface area contributed by atoms with Gasteiger partial charge >= 0.3 is 5.97 Å². The highest BCUT2D eigenvalue weighted by Gasteiger charge is 2.52. The lowest BCUT2D eigenvalue weighted by Crippen LogP contribution is -2.45. The Morgan fingerprint density at radius 1 is 1.23 bits per heavy atom. The van der Waals surface area contributed by atoms with Crippen molar-refractivity contribution in [2.45, 2.75) is 103 Å². The average molecular weight is 510 g/mol. The van der Waals surface area contributed by atoms with Gasteiger partial charge in [-0.1, -0.05) is 34.1 Å². The predicted molar refractivity (Wildman–Crippen MR) is 132 cm³/mol. The van der Waals surface area contributed by atoms with Crippen molar-refractivity contribution in [3.63, 3.8) is 0 Å². The van der Waals surface area contributed by atoms with Gasteiger partial charge in [-0.15, -0.1) is 11.3 Å². The molecule has 0 radical (unpaired) electrons. The zero-order chi connectivity index (χ0) is 26.0. The molecule has 3 rings (SSSR count). The fraction of sp³-hybridized carbons (Fsp3) is 0.731. The molecule has 0 bridgehead atoms. The monoisotopic (exact) mass is 509 g/mol. The van der Waals surface area contributed by atoms with Gasteiger partial charge in [0, 0.05) is 17.7 Å². The number of rotatable bonds is 3. The molecule has 1 aromatic heterocycles. The Labute approximate surface area is 211 Å². The van der Waals surface area contributed by atoms with Crippen molar-refractivity contribution in [2.24, 2.45) is 17.3 Å². The van der Waals surface area contributed by atoms with Gasteiger partial charge in [0.15, 0.2) is 0 Å². The topological polar surface area (TPSA) is 129 Å². The Kier molecular flexibility index (Phi) is 8.91. The molecule has 0 unspecified atom stereocenters. The van der Waals surface area contributed by atoms with Crippen molar-refractivity contribution in [3.8, 4) is 0 Å². The van der Waals surface area contributed by atoms with E-state index in [1.807, 2.05) is 19.2 Å². The van der Waals surface area contributed by atoms with Crippen LogP contribution in [0.3, 0.4) is 0 Å². The van der Waals surface area contributed by atoms with Crippen LogP contribution in [0.15, 0.2) is 11.5 Å². The van der Waals surface area contributed by atoms with Gasteiger partial charge in [0.25, 0.3) is 0 Å². The van der Waals surface area contributed by atoms with Crippen LogP contribution in [0.5, 0.6) is 0 Å². The third-order valence-electron chi connectivity index (χ3n) is 7.62. The standard InChI is InChI=1S/C26H39NO7S/c1-15-7-6-10-26(5)20(34-26)11-18(9-8-17-14-35-21(13-28)27-17)33-22(30)12-19(29)25(3,4)24(32)16(2)23(15)31/h8-9,14-16,18-20,23,28-29,31H,6-7,10-13H2,1-5H3/b9-8-/t15-,16+,18+,19-,20-,23-,26-/m0/s1. The number of fused-ring (bicyclic) bond motifs is 1. The molecule has 7 atom stereocenters. The summed E-state index contributed by atoms with van der Waals surface area (Å²) in [5.74, 6) is -1.64. The van der Waals surface area contributed by atoms with Gasteiger partial charge in [-0.3, -0.25) is 9.59 Å². The lowest BCUT2D eigenvalue weighted by molar-refractivity contribution is -0.154. The van der Waals surface area contributed by atoms with Gasteiger partial charge in [0.05, 0.1) is 48.0 Å². The van der Waals surface area contributed by atoms with E-state index in [4.69, 9.17) is 9.47 Å². The summed E-state index contributed by atoms with van der Waals surface area (Å²) < 4.78 is 11.7. The van der Waals surface area contributed by atoms with E-state index in [0.29, 0.717) is 17.1 Å². The number of Topliss-reactive ketones (excluding diaryl/α,β-unsaturated/α-hetero) is 1. The number of esters is 1. The molecule has 0 spiro atoms. The molecular weight excluding hydrogens is 470 g/mol. The molecule has 0 saturated carbocycles. The minimum absolute atomic E-state index is 0.0802. The lowest BCUT2D eigenvalue weighted by atomic mass is 9.73. The largest absolute Gasteiger partial charge is 0.458 e. The first kappa shape index (κ1) is 27.9. The molecule has 196 valence electrons. The number of aliphatic hydroxyl groups is 3. The Hall–Kier alpha value is -1.65. The number of nitrogens with zero attached hydrogens (tertiary/aromatic N) is 1. The molecular formula is C26H39NO7S. The van der Waals surface area contributed by atoms with Crippen LogP contribution in [0.1, 0.15) is 77.4 Å². The van der Waals surface area contributed by atoms with Crippen molar-refractivity contribution >= 4 is 29.2 Å². The second-order valence-electron chi connectivity index (χ2n) is 10.8. The van der Waals surface area contributed by atoms with E-state index < -0.39 is 35.6 Å². The van der Waals surface area contributed by atoms with Gasteiger partial charge in [0.2, 0.25) is 0 Å². The lowest BCUT2D eigenvalue weighted by Gasteiger charge is -2.34. The maximum Gasteiger partial charge on any atom is 0.309 e. The minimum Gasteiger partial charge on any atom is -0.458 e. The first-order valence-corrected chi connectivity index (χ1v) is 13.3. The van der Waals surface area contributed by atoms with Crippen LogP contribution in [0, 0.1) is 17.3 Å². The Morgan fingerprint density at radius 2 is 1.94 bits per heavy atom. The van der Waals surface area contributed by atoms with Crippen LogP contribution in [0.2, 0.25) is 0 Å². The summed E-state index contributed by atoms with van der Waals surface area (Å²) >= 11 is 1.34. The fourth-order valence-corrected chi connectivity index (χ4v) is 5.46. The molecule has 2 saturated heterocycles. The van der Waals surface area contributed by atoms with Crippen LogP contribution in [0.4, 0.5) is 0 Å². The van der Waals surface area contributed by atoms with Crippen molar-refractivity contribution in [1.29, 1.82) is 0 Å². The minimum atomic E-state index is -1.25. The van der Waals surface area contributed by atoms with Crippen molar-refractivity contribution in [2.75, 3.05) is 0 Å². The van der Waals surface area contributed by atoms with Crippen LogP contribution in [0.25, 0.3) is 6.08 Å². The normalized spacial score (nSPS) is 37.1. The van der Waals surface area contributed by atoms with E-state index in [9.17, 15) is 24.9 Å². The molecule has 9 heteroatoms. The van der Waals surface area contributed by atoms with Gasteiger partial charge in [-0.2, -0.15) is 0 Å². The van der Waals surface area contributed by atoms with E-state index >= 15 is 0 Å². The third kappa shape index (κ3) is 6.77. The number of carbonyl (C=O) groups excluding carboxylic acids is 2. The van der Waals surface area contributed by atoms with Crippen molar-refractivity contribution in [1.82, 2.24) is 4.98 Å². The summed E-state index contributed by atoms with van der Waals surface area (Å²) in [4.78, 5) is 30.2. The average Bonchev–Trinajstić information content (AvgIpc) is 3.20. The van der Waals surface area contributed by atoms with Crippen molar-refractivity contribution in [3.05, 3.63) is 22.2 Å². The summed E-state index contributed by atoms with van der Waals surface area (Å²) in [5.41, 5.74) is -0.885. The second kappa shape index (κ2) is 11.2. The van der Waals surface area contributed by atoms with Crippen molar-refractivity contribution < 1.29 is 34.4 Å². The molecule has 3 N–H and O–H groups in total. The number of hydrogen-bond donors (Lipinski definition) is 3. The molecule has 0 amide bonds. The first-order chi connectivity index (χ1) is 16.4. The number of epoxide rings is 1. The maximum absolute atomic E-state index is 13.2. The van der Waals surface area contributed by atoms with Crippen LogP contribution >= 0.6 is 11.3 Å². The van der Waals surface area contributed by atoms with Gasteiger partial charge in [-0.25, -0.2) is 4.98 Å². The molecule has 3 heterocycles. The maximum atomic E-state index is 13.2. The van der Waals surface area contributed by atoms with E-state index in [2.05, 4.69) is 4.98 Å². The molecule has 0 aromatic carbocycles. The fourth-order valence-electron chi connectivity index (χ4n) is 4.84. The highest BCUT2D eigenvalue weighted by Crippen LogP contribution is 2.44. The molecule has 2 aliphatic rings. The summed E-state index contributed by atoms with van der Waals surface area (Å²) in [5, 5.41) is 33.2. The summed E-state index contributed by atoms with van der Waals surface area (Å²) in [7, 11) is 0. The number of aliphatic hydroxyl groups excluding tert-OH is 3. The molecule has 1 aromatic rings. The van der Waals surface area contributed by atoms with E-state index in [1.54, 1.807) is 32.9 Å². The highest BCUT2D eigenvalue weighted by atomic mass is 32.1. The Morgan fingerprint density at radius 3 is 2.60 bits per heavy atom. The zero-order valence-electron chi connectivity index (χ0n) is 21.3. The van der Waals surface area contributed by atoms with Crippen LogP contribution in [-0.4, -0.2) is 62.1 Å². The van der Waals surface area contributed by atoms with Crippen LogP contribution < -0.4 is 0 Å². The van der Waals surface area contributed by atoms with E-state index in [-0.39, 0.29) is 36.4 Å². The van der Waals surface area contributed by atoms with E-state index in [1.165, 1.54) is 11.3 Å². The number of carbonyl (C=O) groups is 2. The molecule has 2 fully saturated rings. The number of hydrogen-bond acceptors (Lipinski definition) is 9. The third-order valence-corrected chi connectivity index (χ3v) is 8.47. The highest BCUT2D eigenvalue weighted by molar-refractivity contribution is 7.09. The summed E-state index contributed by atoms with van der Waals surface area (Å²) in [6.07, 6.45) is 3.27. The predicted octanol–water partition coefficient (Wildman–Crippen LogP) is 3.27. The van der Waals surface area contributed by atoms with Gasteiger partial charge in [0.1, 0.15) is 16.9 Å². The molecule has 35 heavy (non-hydrogen) atoms. The summed E-state index contributed by atoms with van der Waals surface area (Å²) in [6.45, 7) is 8.73. The van der Waals surface area contributed by atoms with Gasteiger partial charge < -0.3 is 24.8 Å². The van der Waals surface area contributed by atoms with E-state index in [0.717, 1.165) is 19.3 Å². The molecule has 8 nitrogen and oxygen atoms in total. The smallest absolute Gasteiger partial charge is 0.309 e. The molecule has 0 aliphatic carbocycles. The number of cyclic esters (lactones) is 1. The zero-order valence-corrected chi connectivity index (χ0v) is 22.1. The first-order valence-electron chi connectivity index (χ1n) is 12.4. The quantitative estimate of drug-likeness (QED) is 0.418. The Bertz CT molecular complexity index is 929. The number of ketones is 1. The van der Waals surface area contributed by atoms with Gasteiger partial charge in [-0.05, 0) is 37.8 Å². The number of ether oxygens (including phenoxy) is 2. The molecule has 2 aliphatic heterocycles. The SMILES string of the molecule is C[C@H]1CCC[C@]2(C)O[C@H]2C[C@@H](/C=C\c2csc(CO)n2)OC(=O)C[C@H](O)C(C)(C)C(=O)[C@H](C)[C@H]1O. The number of thiazole rings is 1. The van der Waals surface area contributed by atoms with Crippen LogP contribution in [-0.2, 0) is 25.7 Å². The second-order valence-corrected chi connectivity index (χ2v) is 11.8. The number of aromatic nitrogens is 1. The Balaban J connectivity index is 1.80.